The number of amides is 1. The molecule has 0 aromatic rings. The summed E-state index contributed by atoms with van der Waals surface area (Å²) in [7, 11) is 0. The van der Waals surface area contributed by atoms with Crippen molar-refractivity contribution in [3.8, 4) is 0 Å². The highest BCUT2D eigenvalue weighted by Gasteiger charge is 2.21. The first-order chi connectivity index (χ1) is 5.01. The van der Waals surface area contributed by atoms with Crippen LogP contribution in [0.1, 0.15) is 13.8 Å². The van der Waals surface area contributed by atoms with Gasteiger partial charge in [0, 0.05) is 4.75 Å². The lowest BCUT2D eigenvalue weighted by molar-refractivity contribution is -0.113. The molecular formula is C8H11NOS. The van der Waals surface area contributed by atoms with E-state index in [2.05, 4.69) is 0 Å². The first-order valence-electron chi connectivity index (χ1n) is 3.40. The van der Waals surface area contributed by atoms with E-state index in [4.69, 9.17) is 5.73 Å². The third-order valence-electron chi connectivity index (χ3n) is 1.36. The Balaban J connectivity index is 2.81. The molecule has 0 aromatic heterocycles. The summed E-state index contributed by atoms with van der Waals surface area (Å²) in [6, 6.07) is 0. The summed E-state index contributed by atoms with van der Waals surface area (Å²) in [5, 5.41) is 0. The van der Waals surface area contributed by atoms with Gasteiger partial charge in [0.2, 0.25) is 0 Å². The minimum absolute atomic E-state index is 0.000880. The molecule has 0 bridgehead atoms. The lowest BCUT2D eigenvalue weighted by Gasteiger charge is -2.22. The van der Waals surface area contributed by atoms with Gasteiger partial charge in [0.15, 0.2) is 0 Å². The molecule has 1 aliphatic rings. The zero-order chi connectivity index (χ0) is 8.48. The maximum absolute atomic E-state index is 10.7. The van der Waals surface area contributed by atoms with E-state index >= 15 is 0 Å². The van der Waals surface area contributed by atoms with Crippen LogP contribution >= 0.6 is 11.8 Å². The number of carbonyl (C=O) groups excluding carboxylic acids is 1. The minimum Gasteiger partial charge on any atom is -0.365 e. The van der Waals surface area contributed by atoms with Gasteiger partial charge >= 0.3 is 0 Å². The van der Waals surface area contributed by atoms with Gasteiger partial charge in [-0.15, -0.1) is 11.8 Å². The lowest BCUT2D eigenvalue weighted by Crippen LogP contribution is -2.20. The van der Waals surface area contributed by atoms with Crippen LogP contribution in [0, 0.1) is 0 Å². The fraction of sp³-hybridized carbons (Fsp3) is 0.375. The molecule has 0 aromatic carbocycles. The second-order valence-corrected chi connectivity index (χ2v) is 4.66. The molecule has 0 radical (unpaired) electrons. The van der Waals surface area contributed by atoms with Crippen molar-refractivity contribution in [1.29, 1.82) is 0 Å². The van der Waals surface area contributed by atoms with E-state index in [1.165, 1.54) is 11.8 Å². The number of hydrogen-bond acceptors (Lipinski definition) is 2. The van der Waals surface area contributed by atoms with Gasteiger partial charge in [0.1, 0.15) is 0 Å². The third kappa shape index (κ3) is 2.12. The fourth-order valence-corrected chi connectivity index (χ4v) is 1.81. The van der Waals surface area contributed by atoms with Gasteiger partial charge in [-0.05, 0) is 19.9 Å². The molecule has 0 saturated heterocycles. The monoisotopic (exact) mass is 169 g/mol. The van der Waals surface area contributed by atoms with Gasteiger partial charge in [-0.2, -0.15) is 0 Å². The van der Waals surface area contributed by atoms with Crippen LogP contribution < -0.4 is 5.73 Å². The van der Waals surface area contributed by atoms with Crippen LogP contribution in [-0.2, 0) is 4.79 Å². The molecule has 0 aliphatic carbocycles. The second-order valence-electron chi connectivity index (χ2n) is 2.96. The summed E-state index contributed by atoms with van der Waals surface area (Å²) in [6.45, 7) is 4.09. The van der Waals surface area contributed by atoms with Gasteiger partial charge in [-0.3, -0.25) is 4.79 Å². The lowest BCUT2D eigenvalue weighted by atomic mass is 10.2. The van der Waals surface area contributed by atoms with E-state index in [0.717, 1.165) is 0 Å². The van der Waals surface area contributed by atoms with Crippen LogP contribution in [0.5, 0.6) is 0 Å². The fourth-order valence-electron chi connectivity index (χ4n) is 0.851. The van der Waals surface area contributed by atoms with Crippen LogP contribution in [0.25, 0.3) is 0 Å². The number of hydrogen-bond donors (Lipinski definition) is 1. The zero-order valence-corrected chi connectivity index (χ0v) is 7.44. The summed E-state index contributed by atoms with van der Waals surface area (Å²) < 4.78 is -0.000880. The largest absolute Gasteiger partial charge is 0.365 e. The molecule has 0 saturated carbocycles. The standard InChI is InChI=1S/C8H11NOS/c1-8(2)5-3-4-6(11-8)7(9)10/h3-5H,1-2H3,(H2,9,10). The van der Waals surface area contributed by atoms with Gasteiger partial charge in [-0.1, -0.05) is 12.2 Å². The summed E-state index contributed by atoms with van der Waals surface area (Å²) in [5.41, 5.74) is 5.13. The predicted octanol–water partition coefficient (Wildman–Crippen LogP) is 1.44. The zero-order valence-electron chi connectivity index (χ0n) is 6.63. The van der Waals surface area contributed by atoms with Gasteiger partial charge in [0.25, 0.3) is 5.91 Å². The van der Waals surface area contributed by atoms with E-state index in [9.17, 15) is 4.79 Å². The third-order valence-corrected chi connectivity index (χ3v) is 2.58. The van der Waals surface area contributed by atoms with E-state index in [0.29, 0.717) is 4.91 Å². The molecule has 2 nitrogen and oxygen atoms in total. The van der Waals surface area contributed by atoms with Gasteiger partial charge in [0.05, 0.1) is 4.91 Å². The molecule has 2 N–H and O–H groups in total. The van der Waals surface area contributed by atoms with Crippen LogP contribution in [0.2, 0.25) is 0 Å². The molecule has 0 spiro atoms. The molecule has 0 unspecified atom stereocenters. The van der Waals surface area contributed by atoms with Crippen molar-refractivity contribution in [2.24, 2.45) is 5.73 Å². The molecule has 0 atom stereocenters. The number of rotatable bonds is 1. The smallest absolute Gasteiger partial charge is 0.255 e. The van der Waals surface area contributed by atoms with Crippen LogP contribution in [0.3, 0.4) is 0 Å². The Morgan fingerprint density at radius 1 is 1.64 bits per heavy atom. The van der Waals surface area contributed by atoms with Gasteiger partial charge < -0.3 is 5.73 Å². The van der Waals surface area contributed by atoms with Gasteiger partial charge in [-0.25, -0.2) is 0 Å². The van der Waals surface area contributed by atoms with Crippen molar-refractivity contribution in [1.82, 2.24) is 0 Å². The first-order valence-corrected chi connectivity index (χ1v) is 4.21. The highest BCUT2D eigenvalue weighted by atomic mass is 32.2. The molecule has 60 valence electrons. The van der Waals surface area contributed by atoms with Crippen molar-refractivity contribution in [3.63, 3.8) is 0 Å². The van der Waals surface area contributed by atoms with Crippen LogP contribution in [0.15, 0.2) is 23.1 Å². The molecule has 1 heterocycles. The quantitative estimate of drug-likeness (QED) is 0.645. The Labute approximate surface area is 70.5 Å². The molecule has 1 amide bonds. The minimum atomic E-state index is -0.340. The molecule has 1 aliphatic heterocycles. The Kier molecular flexibility index (Phi) is 2.09. The Morgan fingerprint density at radius 3 is 2.64 bits per heavy atom. The number of thioether (sulfide) groups is 1. The van der Waals surface area contributed by atoms with E-state index in [1.807, 2.05) is 26.0 Å². The van der Waals surface area contributed by atoms with Crippen LogP contribution in [0.4, 0.5) is 0 Å². The Bertz CT molecular complexity index is 240. The maximum atomic E-state index is 10.7. The van der Waals surface area contributed by atoms with Crippen molar-refractivity contribution in [2.45, 2.75) is 18.6 Å². The summed E-state index contributed by atoms with van der Waals surface area (Å²) in [6.07, 6.45) is 5.67. The average molecular weight is 169 g/mol. The van der Waals surface area contributed by atoms with Crippen molar-refractivity contribution in [2.75, 3.05) is 0 Å². The SMILES string of the molecule is CC1(C)C=CC=C(C(N)=O)S1. The Morgan fingerprint density at radius 2 is 2.27 bits per heavy atom. The number of allylic oxidation sites excluding steroid dienone is 2. The van der Waals surface area contributed by atoms with Crippen molar-refractivity contribution >= 4 is 17.7 Å². The van der Waals surface area contributed by atoms with E-state index in [1.54, 1.807) is 6.08 Å². The van der Waals surface area contributed by atoms with E-state index in [-0.39, 0.29) is 10.7 Å². The van der Waals surface area contributed by atoms with Crippen molar-refractivity contribution in [3.05, 3.63) is 23.1 Å². The molecule has 1 rings (SSSR count). The Hall–Kier alpha value is -0.700. The average Bonchev–Trinajstić information content (AvgIpc) is 1.85. The summed E-state index contributed by atoms with van der Waals surface area (Å²) in [4.78, 5) is 11.4. The second kappa shape index (κ2) is 2.74. The summed E-state index contributed by atoms with van der Waals surface area (Å²) >= 11 is 1.50. The summed E-state index contributed by atoms with van der Waals surface area (Å²) in [5.74, 6) is -0.340. The molecule has 11 heavy (non-hydrogen) atoms. The topological polar surface area (TPSA) is 43.1 Å². The molecule has 0 fully saturated rings. The highest BCUT2D eigenvalue weighted by molar-refractivity contribution is 8.05. The first kappa shape index (κ1) is 8.40. The molecular weight excluding hydrogens is 158 g/mol. The maximum Gasteiger partial charge on any atom is 0.255 e. The normalized spacial score (nSPS) is 21.1. The van der Waals surface area contributed by atoms with Crippen LogP contribution in [-0.4, -0.2) is 10.7 Å². The van der Waals surface area contributed by atoms with E-state index < -0.39 is 0 Å². The predicted molar refractivity (Wildman–Crippen MR) is 48.1 cm³/mol. The van der Waals surface area contributed by atoms with Crippen molar-refractivity contribution < 1.29 is 4.79 Å². The number of carbonyl (C=O) groups is 1. The molecule has 3 heteroatoms. The number of primary amides is 1. The number of nitrogens with two attached hydrogens (primary N) is 1. The highest BCUT2D eigenvalue weighted by Crippen LogP contribution is 2.35.